The SMILES string of the molecule is CCNC(=NCC1(CCOC)CCCC1)NCC(C)CN1CCN(C)CC1.I. The lowest BCUT2D eigenvalue weighted by Crippen LogP contribution is -2.47. The number of aliphatic imine (C=N–C) groups is 1. The third kappa shape index (κ3) is 9.13. The highest BCUT2D eigenvalue weighted by Gasteiger charge is 2.33. The maximum Gasteiger partial charge on any atom is 0.191 e. The quantitative estimate of drug-likeness (QED) is 0.270. The molecule has 1 unspecified atom stereocenters. The second-order valence-corrected chi connectivity index (χ2v) is 8.74. The van der Waals surface area contributed by atoms with Crippen LogP contribution in [0.3, 0.4) is 0 Å². The Labute approximate surface area is 190 Å². The number of methoxy groups -OCH3 is 1. The fourth-order valence-corrected chi connectivity index (χ4v) is 4.33. The first-order valence-electron chi connectivity index (χ1n) is 11.0. The molecule has 28 heavy (non-hydrogen) atoms. The fourth-order valence-electron chi connectivity index (χ4n) is 4.33. The van der Waals surface area contributed by atoms with Crippen molar-refractivity contribution in [2.75, 3.05) is 73.1 Å². The summed E-state index contributed by atoms with van der Waals surface area (Å²) >= 11 is 0. The van der Waals surface area contributed by atoms with Crippen LogP contribution < -0.4 is 10.6 Å². The average molecular weight is 510 g/mol. The topological polar surface area (TPSA) is 52.1 Å². The molecule has 0 aromatic carbocycles. The summed E-state index contributed by atoms with van der Waals surface area (Å²) in [5.74, 6) is 1.60. The van der Waals surface area contributed by atoms with E-state index in [-0.39, 0.29) is 24.0 Å². The van der Waals surface area contributed by atoms with E-state index in [1.807, 2.05) is 0 Å². The minimum absolute atomic E-state index is 0. The van der Waals surface area contributed by atoms with Gasteiger partial charge in [0.2, 0.25) is 0 Å². The lowest BCUT2D eigenvalue weighted by atomic mass is 9.83. The van der Waals surface area contributed by atoms with Gasteiger partial charge in [-0.3, -0.25) is 4.99 Å². The molecule has 2 rings (SSSR count). The molecule has 166 valence electrons. The number of halogens is 1. The molecule has 1 saturated heterocycles. The van der Waals surface area contributed by atoms with E-state index in [9.17, 15) is 0 Å². The van der Waals surface area contributed by atoms with E-state index in [1.54, 1.807) is 7.11 Å². The molecule has 0 radical (unpaired) electrons. The van der Waals surface area contributed by atoms with Gasteiger partial charge in [0.25, 0.3) is 0 Å². The summed E-state index contributed by atoms with van der Waals surface area (Å²) in [6.07, 6.45) is 6.39. The van der Waals surface area contributed by atoms with Crippen molar-refractivity contribution in [3.8, 4) is 0 Å². The predicted octanol–water partition coefficient (Wildman–Crippen LogP) is 2.64. The number of hydrogen-bond donors (Lipinski definition) is 2. The van der Waals surface area contributed by atoms with Gasteiger partial charge in [0.05, 0.1) is 0 Å². The summed E-state index contributed by atoms with van der Waals surface area (Å²) in [5.41, 5.74) is 0.351. The van der Waals surface area contributed by atoms with Crippen molar-refractivity contribution < 1.29 is 4.74 Å². The molecule has 1 aliphatic heterocycles. The molecule has 0 spiro atoms. The van der Waals surface area contributed by atoms with E-state index in [0.717, 1.165) is 45.2 Å². The van der Waals surface area contributed by atoms with Crippen LogP contribution in [-0.2, 0) is 4.74 Å². The number of piperazine rings is 1. The van der Waals surface area contributed by atoms with Crippen molar-refractivity contribution in [2.24, 2.45) is 16.3 Å². The number of hydrogen-bond acceptors (Lipinski definition) is 4. The molecule has 1 atom stereocenters. The number of nitrogens with zero attached hydrogens (tertiary/aromatic N) is 3. The monoisotopic (exact) mass is 509 g/mol. The van der Waals surface area contributed by atoms with Gasteiger partial charge in [-0.1, -0.05) is 19.8 Å². The van der Waals surface area contributed by atoms with Crippen LogP contribution in [0, 0.1) is 11.3 Å². The van der Waals surface area contributed by atoms with Crippen molar-refractivity contribution in [3.05, 3.63) is 0 Å². The Hall–Kier alpha value is -0.120. The van der Waals surface area contributed by atoms with Crippen LogP contribution in [0.1, 0.15) is 46.0 Å². The number of guanidine groups is 1. The van der Waals surface area contributed by atoms with Gasteiger partial charge in [0.15, 0.2) is 5.96 Å². The Morgan fingerprint density at radius 3 is 2.43 bits per heavy atom. The van der Waals surface area contributed by atoms with Crippen LogP contribution in [0.25, 0.3) is 0 Å². The minimum Gasteiger partial charge on any atom is -0.385 e. The largest absolute Gasteiger partial charge is 0.385 e. The fraction of sp³-hybridized carbons (Fsp3) is 0.952. The van der Waals surface area contributed by atoms with Gasteiger partial charge in [-0.05, 0) is 44.6 Å². The maximum atomic E-state index is 5.35. The van der Waals surface area contributed by atoms with Crippen molar-refractivity contribution in [1.29, 1.82) is 0 Å². The number of likely N-dealkylation sites (N-methyl/N-ethyl adjacent to an activating group) is 1. The Morgan fingerprint density at radius 2 is 1.82 bits per heavy atom. The maximum absolute atomic E-state index is 5.35. The zero-order chi connectivity index (χ0) is 19.5. The molecule has 2 aliphatic rings. The van der Waals surface area contributed by atoms with E-state index in [1.165, 1.54) is 51.9 Å². The van der Waals surface area contributed by atoms with E-state index in [0.29, 0.717) is 11.3 Å². The molecule has 2 N–H and O–H groups in total. The zero-order valence-corrected chi connectivity index (χ0v) is 21.0. The van der Waals surface area contributed by atoms with Crippen molar-refractivity contribution in [3.63, 3.8) is 0 Å². The van der Waals surface area contributed by atoms with Crippen LogP contribution in [0.15, 0.2) is 4.99 Å². The van der Waals surface area contributed by atoms with E-state index in [2.05, 4.69) is 41.3 Å². The second-order valence-electron chi connectivity index (χ2n) is 8.74. The Balaban J connectivity index is 0.00000392. The number of ether oxygens (including phenoxy) is 1. The van der Waals surface area contributed by atoms with Gasteiger partial charge in [-0.25, -0.2) is 0 Å². The average Bonchev–Trinajstić information content (AvgIpc) is 3.13. The smallest absolute Gasteiger partial charge is 0.191 e. The van der Waals surface area contributed by atoms with Crippen molar-refractivity contribution in [2.45, 2.75) is 46.0 Å². The summed E-state index contributed by atoms with van der Waals surface area (Å²) < 4.78 is 5.35. The number of nitrogens with one attached hydrogen (secondary N) is 2. The third-order valence-corrected chi connectivity index (χ3v) is 6.20. The van der Waals surface area contributed by atoms with Crippen molar-refractivity contribution >= 4 is 29.9 Å². The summed E-state index contributed by atoms with van der Waals surface area (Å²) in [4.78, 5) is 9.97. The Kier molecular flexibility index (Phi) is 12.9. The summed E-state index contributed by atoms with van der Waals surface area (Å²) in [6, 6.07) is 0. The molecular weight excluding hydrogens is 465 g/mol. The molecule has 1 aliphatic carbocycles. The van der Waals surface area contributed by atoms with Gasteiger partial charge < -0.3 is 25.2 Å². The summed E-state index contributed by atoms with van der Waals surface area (Å²) in [6.45, 7) is 14.0. The third-order valence-electron chi connectivity index (χ3n) is 6.20. The van der Waals surface area contributed by atoms with Crippen LogP contribution in [0.4, 0.5) is 0 Å². The molecule has 1 heterocycles. The van der Waals surface area contributed by atoms with Crippen LogP contribution in [-0.4, -0.2) is 88.9 Å². The van der Waals surface area contributed by atoms with Gasteiger partial charge in [-0.2, -0.15) is 0 Å². The molecule has 6 nitrogen and oxygen atoms in total. The number of rotatable bonds is 10. The lowest BCUT2D eigenvalue weighted by molar-refractivity contribution is 0.139. The molecule has 0 amide bonds. The second kappa shape index (κ2) is 14.0. The van der Waals surface area contributed by atoms with Gasteiger partial charge in [0.1, 0.15) is 0 Å². The first-order chi connectivity index (χ1) is 13.1. The first-order valence-corrected chi connectivity index (χ1v) is 11.0. The zero-order valence-electron chi connectivity index (χ0n) is 18.6. The molecule has 2 fully saturated rings. The van der Waals surface area contributed by atoms with Crippen LogP contribution >= 0.6 is 24.0 Å². The Morgan fingerprint density at radius 1 is 1.14 bits per heavy atom. The van der Waals surface area contributed by atoms with E-state index >= 15 is 0 Å². The summed E-state index contributed by atoms with van der Waals surface area (Å²) in [7, 11) is 4.02. The molecule has 0 aromatic rings. The molecular formula is C21H44IN5O. The van der Waals surface area contributed by atoms with Gasteiger partial charge in [-0.15, -0.1) is 24.0 Å². The van der Waals surface area contributed by atoms with E-state index in [4.69, 9.17) is 9.73 Å². The predicted molar refractivity (Wildman–Crippen MR) is 130 cm³/mol. The van der Waals surface area contributed by atoms with Crippen LogP contribution in [0.2, 0.25) is 0 Å². The van der Waals surface area contributed by atoms with Gasteiger partial charge >= 0.3 is 0 Å². The highest BCUT2D eigenvalue weighted by molar-refractivity contribution is 14.0. The molecule has 0 aromatic heterocycles. The molecule has 1 saturated carbocycles. The Bertz CT molecular complexity index is 435. The molecule has 7 heteroatoms. The lowest BCUT2D eigenvalue weighted by Gasteiger charge is -2.34. The summed E-state index contributed by atoms with van der Waals surface area (Å²) in [5, 5.41) is 7.02. The van der Waals surface area contributed by atoms with Crippen LogP contribution in [0.5, 0.6) is 0 Å². The standard InChI is InChI=1S/C21H43N5O.HI/c1-5-22-20(24-18-21(10-15-27-4)8-6-7-9-21)23-16-19(2)17-26-13-11-25(3)12-14-26;/h19H,5-18H2,1-4H3,(H2,22,23,24);1H. The highest BCUT2D eigenvalue weighted by atomic mass is 127. The van der Waals surface area contributed by atoms with Gasteiger partial charge in [0, 0.05) is 66.1 Å². The van der Waals surface area contributed by atoms with Crippen molar-refractivity contribution in [1.82, 2.24) is 20.4 Å². The first kappa shape index (κ1) is 25.9. The molecule has 0 bridgehead atoms. The normalized spacial score (nSPS) is 21.9. The minimum atomic E-state index is 0. The van der Waals surface area contributed by atoms with E-state index < -0.39 is 0 Å². The highest BCUT2D eigenvalue weighted by Crippen LogP contribution is 2.41.